The summed E-state index contributed by atoms with van der Waals surface area (Å²) in [6.45, 7) is 11.4. The van der Waals surface area contributed by atoms with E-state index in [-0.39, 0.29) is 60.9 Å². The fourth-order valence-corrected chi connectivity index (χ4v) is 2.44. The van der Waals surface area contributed by atoms with Gasteiger partial charge in [0.25, 0.3) is 5.91 Å². The van der Waals surface area contributed by atoms with E-state index < -0.39 is 0 Å². The van der Waals surface area contributed by atoms with Gasteiger partial charge in [-0.15, -0.1) is 0 Å². The summed E-state index contributed by atoms with van der Waals surface area (Å²) in [7, 11) is 1.64. The van der Waals surface area contributed by atoms with Gasteiger partial charge in [0.15, 0.2) is 0 Å². The Hall–Kier alpha value is -0.246. The molecule has 1 amide bonds. The van der Waals surface area contributed by atoms with Gasteiger partial charge in [-0.25, -0.2) is 0 Å². The van der Waals surface area contributed by atoms with Crippen LogP contribution in [0.4, 0.5) is 0 Å². The van der Waals surface area contributed by atoms with Crippen LogP contribution >= 0.6 is 0 Å². The smallest absolute Gasteiger partial charge is 0.251 e. The summed E-state index contributed by atoms with van der Waals surface area (Å²) in [6.07, 6.45) is 2.83. The van der Waals surface area contributed by atoms with Gasteiger partial charge in [0, 0.05) is 51.4 Å². The minimum atomic E-state index is -0.0255. The Kier molecular flexibility index (Phi) is 22.3. The Bertz CT molecular complexity index is 441. The van der Waals surface area contributed by atoms with E-state index in [2.05, 4.69) is 37.9 Å². The first kappa shape index (κ1) is 32.4. The minimum Gasteiger partial charge on any atom is -0.355 e. The van der Waals surface area contributed by atoms with Crippen molar-refractivity contribution in [3.63, 3.8) is 0 Å². The van der Waals surface area contributed by atoms with E-state index in [9.17, 15) is 4.79 Å². The minimum absolute atomic E-state index is 0. The van der Waals surface area contributed by atoms with Gasteiger partial charge in [-0.3, -0.25) is 4.79 Å². The van der Waals surface area contributed by atoms with Gasteiger partial charge < -0.3 is 10.2 Å². The van der Waals surface area contributed by atoms with Crippen molar-refractivity contribution >= 4 is 5.91 Å². The van der Waals surface area contributed by atoms with Crippen molar-refractivity contribution in [3.05, 3.63) is 35.4 Å². The zero-order chi connectivity index (χ0) is 15.8. The zero-order valence-electron chi connectivity index (χ0n) is 14.7. The van der Waals surface area contributed by atoms with E-state index in [4.69, 9.17) is 0 Å². The third-order valence-corrected chi connectivity index (χ3v) is 3.91. The first-order valence-corrected chi connectivity index (χ1v) is 8.01. The van der Waals surface area contributed by atoms with E-state index in [1.165, 1.54) is 31.5 Å². The molecule has 1 aromatic rings. The Morgan fingerprint density at radius 1 is 1.04 bits per heavy atom. The largest absolute Gasteiger partial charge is 0.355 e. The van der Waals surface area contributed by atoms with E-state index in [0.29, 0.717) is 5.92 Å². The average molecular weight is 427 g/mol. The number of hydrogen-bond acceptors (Lipinski definition) is 2. The molecule has 0 unspecified atom stereocenters. The Morgan fingerprint density at radius 3 is 1.92 bits per heavy atom. The molecule has 1 heterocycles. The normalized spacial score (nSPS) is 12.6. The van der Waals surface area contributed by atoms with E-state index >= 15 is 0 Å². The molecule has 4 heteroatoms. The summed E-state index contributed by atoms with van der Waals surface area (Å²) >= 11 is 0. The van der Waals surface area contributed by atoms with Crippen LogP contribution in [-0.2, 0) is 32.7 Å². The van der Waals surface area contributed by atoms with Crippen LogP contribution in [0.2, 0.25) is 0 Å². The molecular formula is C21H42N2OY. The van der Waals surface area contributed by atoms with Crippen LogP contribution in [0.15, 0.2) is 24.3 Å². The summed E-state index contributed by atoms with van der Waals surface area (Å²) in [5, 5.41) is 2.61. The molecule has 0 bridgehead atoms. The standard InChI is InChI=1S/C11H15NO.C7H15N.3CH4.Y/c1-8(2)9-5-4-6-10(7-9)11(13)12-3;1-7(2)8-5-3-4-6-8;;;;/h4-8H,1-3H3,(H,12,13);7H,3-6H2,1-2H3;3*1H4;. The Morgan fingerprint density at radius 2 is 1.56 bits per heavy atom. The number of carbonyl (C=O) groups is 1. The molecule has 1 fully saturated rings. The Balaban J connectivity index is -0.000000163. The summed E-state index contributed by atoms with van der Waals surface area (Å²) < 4.78 is 0. The number of amides is 1. The van der Waals surface area contributed by atoms with Crippen molar-refractivity contribution in [2.45, 2.75) is 74.8 Å². The molecule has 1 radical (unpaired) electrons. The van der Waals surface area contributed by atoms with Gasteiger partial charge in [-0.2, -0.15) is 0 Å². The van der Waals surface area contributed by atoms with Crippen LogP contribution in [0.3, 0.4) is 0 Å². The maximum Gasteiger partial charge on any atom is 0.251 e. The van der Waals surface area contributed by atoms with E-state index in [0.717, 1.165) is 11.6 Å². The molecule has 1 aliphatic heterocycles. The molecule has 3 nitrogen and oxygen atoms in total. The first-order valence-electron chi connectivity index (χ1n) is 8.01. The number of rotatable bonds is 3. The van der Waals surface area contributed by atoms with Crippen molar-refractivity contribution < 1.29 is 37.5 Å². The van der Waals surface area contributed by atoms with E-state index in [1.54, 1.807) is 7.05 Å². The van der Waals surface area contributed by atoms with Crippen LogP contribution < -0.4 is 5.32 Å². The summed E-state index contributed by atoms with van der Waals surface area (Å²) in [6, 6.07) is 8.49. The number of benzene rings is 1. The monoisotopic (exact) mass is 427 g/mol. The number of nitrogens with zero attached hydrogens (tertiary/aromatic N) is 1. The van der Waals surface area contributed by atoms with Gasteiger partial charge in [-0.1, -0.05) is 48.3 Å². The molecule has 0 saturated carbocycles. The second-order valence-corrected chi connectivity index (χ2v) is 6.20. The molecule has 1 aliphatic rings. The molecule has 0 spiro atoms. The van der Waals surface area contributed by atoms with Crippen molar-refractivity contribution in [1.82, 2.24) is 10.2 Å². The second-order valence-electron chi connectivity index (χ2n) is 6.20. The fraction of sp³-hybridized carbons (Fsp3) is 0.667. The second kappa shape index (κ2) is 17.2. The van der Waals surface area contributed by atoms with Crippen molar-refractivity contribution in [3.8, 4) is 0 Å². The number of hydrogen-bond donors (Lipinski definition) is 1. The number of carbonyl (C=O) groups excluding carboxylic acids is 1. The van der Waals surface area contributed by atoms with Crippen molar-refractivity contribution in [2.24, 2.45) is 0 Å². The molecule has 1 saturated heterocycles. The fourth-order valence-electron chi connectivity index (χ4n) is 2.44. The maximum absolute atomic E-state index is 11.3. The van der Waals surface area contributed by atoms with Gasteiger partial charge in [0.2, 0.25) is 0 Å². The van der Waals surface area contributed by atoms with Gasteiger partial charge in [0.05, 0.1) is 0 Å². The number of nitrogens with one attached hydrogen (secondary N) is 1. The molecule has 0 aromatic heterocycles. The third-order valence-electron chi connectivity index (χ3n) is 3.91. The topological polar surface area (TPSA) is 32.3 Å². The van der Waals surface area contributed by atoms with Crippen LogP contribution in [0, 0.1) is 0 Å². The van der Waals surface area contributed by atoms with Gasteiger partial charge >= 0.3 is 0 Å². The zero-order valence-corrected chi connectivity index (χ0v) is 17.6. The van der Waals surface area contributed by atoms with Crippen LogP contribution in [0.5, 0.6) is 0 Å². The predicted octanol–water partition coefficient (Wildman–Crippen LogP) is 5.57. The quantitative estimate of drug-likeness (QED) is 0.684. The molecule has 0 aliphatic carbocycles. The molecule has 145 valence electrons. The summed E-state index contributed by atoms with van der Waals surface area (Å²) in [5.41, 5.74) is 1.93. The molecule has 25 heavy (non-hydrogen) atoms. The average Bonchev–Trinajstić information content (AvgIpc) is 3.01. The van der Waals surface area contributed by atoms with Crippen LogP contribution in [0.25, 0.3) is 0 Å². The SMILES string of the molecule is C.C.C.CC(C)N1CCCC1.CNC(=O)c1cccc(C(C)C)c1.[Y]. The van der Waals surface area contributed by atoms with E-state index in [1.807, 2.05) is 24.3 Å². The molecule has 2 rings (SSSR count). The van der Waals surface area contributed by atoms with Crippen LogP contribution in [0.1, 0.15) is 84.7 Å². The maximum atomic E-state index is 11.3. The molecule has 0 atom stereocenters. The van der Waals surface area contributed by atoms with Crippen molar-refractivity contribution in [1.29, 1.82) is 0 Å². The summed E-state index contributed by atoms with van der Waals surface area (Å²) in [4.78, 5) is 13.8. The van der Waals surface area contributed by atoms with Crippen molar-refractivity contribution in [2.75, 3.05) is 20.1 Å². The Labute approximate surface area is 183 Å². The predicted molar refractivity (Wildman–Crippen MR) is 110 cm³/mol. The molecule has 1 N–H and O–H groups in total. The third kappa shape index (κ3) is 11.9. The molecular weight excluding hydrogens is 385 g/mol. The van der Waals surface area contributed by atoms with Crippen LogP contribution in [-0.4, -0.2) is 37.0 Å². The van der Waals surface area contributed by atoms with Gasteiger partial charge in [0.1, 0.15) is 0 Å². The number of likely N-dealkylation sites (tertiary alicyclic amines) is 1. The summed E-state index contributed by atoms with van der Waals surface area (Å²) in [5.74, 6) is 0.437. The first-order chi connectivity index (χ1) is 9.95. The van der Waals surface area contributed by atoms with Gasteiger partial charge in [-0.05, 0) is 63.4 Å². The molecule has 1 aromatic carbocycles.